The van der Waals surface area contributed by atoms with Crippen LogP contribution in [0.4, 0.5) is 0 Å². The largest absolute Gasteiger partial charge is 0.361 e. The minimum absolute atomic E-state index is 0.432. The molecule has 154 valence electrons. The Labute approximate surface area is 174 Å². The lowest BCUT2D eigenvalue weighted by Crippen LogP contribution is -2.39. The van der Waals surface area contributed by atoms with Crippen LogP contribution in [-0.2, 0) is 12.8 Å². The average Bonchev–Trinajstić information content (AvgIpc) is 3.40. The molecule has 30 heavy (non-hydrogen) atoms. The van der Waals surface area contributed by atoms with E-state index < -0.39 is 0 Å². The van der Waals surface area contributed by atoms with Gasteiger partial charge in [-0.25, -0.2) is 0 Å². The van der Waals surface area contributed by atoms with Gasteiger partial charge in [0.1, 0.15) is 5.69 Å². The normalized spacial score (nSPS) is 11.7. The third-order valence-corrected chi connectivity index (χ3v) is 4.83. The van der Waals surface area contributed by atoms with Crippen LogP contribution in [0.5, 0.6) is 0 Å². The predicted octanol–water partition coefficient (Wildman–Crippen LogP) is 2.87. The molecule has 0 bridgehead atoms. The van der Waals surface area contributed by atoms with Crippen molar-refractivity contribution in [2.24, 2.45) is 4.99 Å². The molecule has 1 aromatic carbocycles. The highest BCUT2D eigenvalue weighted by Gasteiger charge is 2.09. The van der Waals surface area contributed by atoms with Gasteiger partial charge in [-0.2, -0.15) is 4.98 Å². The van der Waals surface area contributed by atoms with Crippen molar-refractivity contribution in [1.29, 1.82) is 0 Å². The lowest BCUT2D eigenvalue weighted by atomic mass is 10.1. The average molecular weight is 403 g/mol. The number of hydrogen-bond acceptors (Lipinski definition) is 5. The number of aromatic nitrogens is 4. The first-order valence-corrected chi connectivity index (χ1v) is 9.98. The highest BCUT2D eigenvalue weighted by molar-refractivity contribution is 5.84. The van der Waals surface area contributed by atoms with Gasteiger partial charge in [0.2, 0.25) is 0 Å². The van der Waals surface area contributed by atoms with Gasteiger partial charge in [0, 0.05) is 49.9 Å². The fourth-order valence-electron chi connectivity index (χ4n) is 3.28. The van der Waals surface area contributed by atoms with E-state index in [0.29, 0.717) is 30.4 Å². The van der Waals surface area contributed by atoms with Gasteiger partial charge in [-0.3, -0.25) is 9.98 Å². The maximum atomic E-state index is 5.28. The second kappa shape index (κ2) is 9.21. The number of H-pyrrole nitrogens is 1. The Kier molecular flexibility index (Phi) is 6.03. The van der Waals surface area contributed by atoms with E-state index in [1.165, 1.54) is 22.0 Å². The molecule has 8 heteroatoms. The van der Waals surface area contributed by atoms with Crippen LogP contribution in [0, 0.1) is 6.92 Å². The van der Waals surface area contributed by atoms with E-state index >= 15 is 0 Å². The molecule has 0 atom stereocenters. The van der Waals surface area contributed by atoms with Crippen LogP contribution >= 0.6 is 0 Å². The van der Waals surface area contributed by atoms with Crippen molar-refractivity contribution < 1.29 is 4.52 Å². The Balaban J connectivity index is 1.24. The molecule has 0 radical (unpaired) electrons. The van der Waals surface area contributed by atoms with E-state index in [-0.39, 0.29) is 0 Å². The summed E-state index contributed by atoms with van der Waals surface area (Å²) in [6.45, 7) is 3.53. The van der Waals surface area contributed by atoms with Crippen LogP contribution in [0.3, 0.4) is 0 Å². The molecule has 0 unspecified atom stereocenters. The Hall–Kier alpha value is -3.68. The maximum Gasteiger partial charge on any atom is 0.276 e. The highest BCUT2D eigenvalue weighted by Crippen LogP contribution is 2.19. The lowest BCUT2D eigenvalue weighted by molar-refractivity contribution is 0.421. The van der Waals surface area contributed by atoms with Crippen LogP contribution in [0.15, 0.2) is 58.3 Å². The summed E-state index contributed by atoms with van der Waals surface area (Å²) in [6, 6.07) is 12.1. The monoisotopic (exact) mass is 403 g/mol. The van der Waals surface area contributed by atoms with Gasteiger partial charge < -0.3 is 20.1 Å². The van der Waals surface area contributed by atoms with Crippen LogP contribution in [-0.4, -0.2) is 46.2 Å². The summed E-state index contributed by atoms with van der Waals surface area (Å²) in [5.74, 6) is 1.81. The zero-order valence-electron chi connectivity index (χ0n) is 17.1. The number of rotatable bonds is 7. The first-order chi connectivity index (χ1) is 14.7. The molecule has 8 nitrogen and oxygen atoms in total. The second-order valence-electron chi connectivity index (χ2n) is 7.02. The fourth-order valence-corrected chi connectivity index (χ4v) is 3.28. The fraction of sp³-hybridized carbons (Fsp3) is 0.273. The minimum atomic E-state index is 0.432. The second-order valence-corrected chi connectivity index (χ2v) is 7.02. The molecule has 0 amide bonds. The molecule has 4 aromatic rings. The van der Waals surface area contributed by atoms with Gasteiger partial charge >= 0.3 is 0 Å². The molecule has 0 saturated carbocycles. The van der Waals surface area contributed by atoms with E-state index in [0.717, 1.165) is 18.9 Å². The molecule has 0 saturated heterocycles. The SMILES string of the molecule is CN=C(NCCc1noc(-c2ccccn2)n1)NCCc1c[nH]c2cc(C)ccc12. The zero-order valence-corrected chi connectivity index (χ0v) is 17.1. The van der Waals surface area contributed by atoms with E-state index in [4.69, 9.17) is 4.52 Å². The number of aliphatic imine (C=N–C) groups is 1. The first-order valence-electron chi connectivity index (χ1n) is 9.98. The van der Waals surface area contributed by atoms with Crippen molar-refractivity contribution in [3.05, 3.63) is 65.7 Å². The van der Waals surface area contributed by atoms with Gasteiger partial charge in [-0.05, 0) is 42.7 Å². The summed E-state index contributed by atoms with van der Waals surface area (Å²) in [6.07, 6.45) is 5.31. The molecule has 0 aliphatic carbocycles. The van der Waals surface area contributed by atoms with Crippen molar-refractivity contribution in [3.8, 4) is 11.6 Å². The van der Waals surface area contributed by atoms with Crippen LogP contribution in [0.2, 0.25) is 0 Å². The van der Waals surface area contributed by atoms with E-state index in [9.17, 15) is 0 Å². The summed E-state index contributed by atoms with van der Waals surface area (Å²) in [5, 5.41) is 11.9. The summed E-state index contributed by atoms with van der Waals surface area (Å²) in [4.78, 5) is 16.2. The van der Waals surface area contributed by atoms with Gasteiger partial charge in [0.05, 0.1) is 0 Å². The topological polar surface area (TPSA) is 104 Å². The van der Waals surface area contributed by atoms with Gasteiger partial charge in [0.25, 0.3) is 5.89 Å². The lowest BCUT2D eigenvalue weighted by Gasteiger charge is -2.10. The zero-order chi connectivity index (χ0) is 20.8. The standard InChI is InChI=1S/C22H25N7O/c1-15-6-7-17-16(14-27-19(17)13-15)8-11-25-22(23-2)26-12-9-20-28-21(30-29-20)18-5-3-4-10-24-18/h3-7,10,13-14,27H,8-9,11-12H2,1-2H3,(H2,23,25,26). The number of nitrogens with one attached hydrogen (secondary N) is 3. The molecule has 0 aliphatic rings. The number of benzene rings is 1. The summed E-state index contributed by atoms with van der Waals surface area (Å²) < 4.78 is 5.28. The molecule has 3 heterocycles. The van der Waals surface area contributed by atoms with Crippen LogP contribution in [0.1, 0.15) is 17.0 Å². The van der Waals surface area contributed by atoms with E-state index in [2.05, 4.69) is 67.1 Å². The van der Waals surface area contributed by atoms with Gasteiger partial charge in [0.15, 0.2) is 11.8 Å². The van der Waals surface area contributed by atoms with Crippen LogP contribution < -0.4 is 10.6 Å². The third kappa shape index (κ3) is 4.65. The Morgan fingerprint density at radius 3 is 2.80 bits per heavy atom. The van der Waals surface area contributed by atoms with E-state index in [1.807, 2.05) is 18.2 Å². The number of guanidine groups is 1. The smallest absolute Gasteiger partial charge is 0.276 e. The molecular weight excluding hydrogens is 378 g/mol. The molecule has 0 aliphatic heterocycles. The number of nitrogens with zero attached hydrogens (tertiary/aromatic N) is 4. The Morgan fingerprint density at radius 1 is 1.13 bits per heavy atom. The molecule has 3 aromatic heterocycles. The summed E-state index contributed by atoms with van der Waals surface area (Å²) >= 11 is 0. The summed E-state index contributed by atoms with van der Waals surface area (Å²) in [5.41, 5.74) is 4.40. The van der Waals surface area contributed by atoms with Crippen molar-refractivity contribution >= 4 is 16.9 Å². The number of aromatic amines is 1. The number of pyridine rings is 1. The maximum absolute atomic E-state index is 5.28. The predicted molar refractivity (Wildman–Crippen MR) is 117 cm³/mol. The summed E-state index contributed by atoms with van der Waals surface area (Å²) in [7, 11) is 1.76. The first kappa shape index (κ1) is 19.6. The molecule has 3 N–H and O–H groups in total. The van der Waals surface area contributed by atoms with Gasteiger partial charge in [-0.15, -0.1) is 0 Å². The number of fused-ring (bicyclic) bond motifs is 1. The molecule has 4 rings (SSSR count). The number of aryl methyl sites for hydroxylation is 1. The van der Waals surface area contributed by atoms with Crippen LogP contribution in [0.25, 0.3) is 22.5 Å². The quantitative estimate of drug-likeness (QED) is 0.324. The Morgan fingerprint density at radius 2 is 2.00 bits per heavy atom. The van der Waals surface area contributed by atoms with Crippen molar-refractivity contribution in [3.63, 3.8) is 0 Å². The molecular formula is C22H25N7O. The third-order valence-electron chi connectivity index (χ3n) is 4.83. The van der Waals surface area contributed by atoms with Crippen molar-refractivity contribution in [1.82, 2.24) is 30.7 Å². The van der Waals surface area contributed by atoms with E-state index in [1.54, 1.807) is 13.2 Å². The highest BCUT2D eigenvalue weighted by atomic mass is 16.5. The minimum Gasteiger partial charge on any atom is -0.361 e. The van der Waals surface area contributed by atoms with Gasteiger partial charge in [-0.1, -0.05) is 23.4 Å². The molecule has 0 fully saturated rings. The molecule has 0 spiro atoms. The number of hydrogen-bond donors (Lipinski definition) is 3. The van der Waals surface area contributed by atoms with Crippen molar-refractivity contribution in [2.45, 2.75) is 19.8 Å². The van der Waals surface area contributed by atoms with Crippen molar-refractivity contribution in [2.75, 3.05) is 20.1 Å². The Bertz CT molecular complexity index is 1130.